The molecule has 95 heavy (non-hydrogen) atoms. The minimum atomic E-state index is -4.15. The predicted molar refractivity (Wildman–Crippen MR) is 406 cm³/mol. The van der Waals surface area contributed by atoms with Gasteiger partial charge in [-0.05, 0) is 240 Å². The molecule has 4 bridgehead atoms. The van der Waals surface area contributed by atoms with Crippen LogP contribution in [0.3, 0.4) is 0 Å². The Labute approximate surface area is 613 Å². The van der Waals surface area contributed by atoms with Gasteiger partial charge in [-0.15, -0.1) is 0 Å². The highest BCUT2D eigenvalue weighted by atomic mass is 19.4. The number of rotatable bonds is 6. The lowest BCUT2D eigenvalue weighted by Crippen LogP contribution is -2.38. The molecular formula is C89H168F6. The summed E-state index contributed by atoms with van der Waals surface area (Å²) in [5.41, 5.74) is -2.18. The van der Waals surface area contributed by atoms with Crippen molar-refractivity contribution in [2.45, 2.75) is 445 Å². The van der Waals surface area contributed by atoms with Gasteiger partial charge in [0.25, 0.3) is 0 Å². The Hall–Kier alpha value is -0.420. The Morgan fingerprint density at radius 1 is 0.305 bits per heavy atom. The van der Waals surface area contributed by atoms with E-state index in [0.29, 0.717) is 66.1 Å². The molecule has 12 aliphatic rings. The highest BCUT2D eigenvalue weighted by Gasteiger charge is 2.53. The van der Waals surface area contributed by atoms with Crippen molar-refractivity contribution in [1.82, 2.24) is 0 Å². The Bertz CT molecular complexity index is 2500. The summed E-state index contributed by atoms with van der Waals surface area (Å²) in [4.78, 5) is 0. The molecule has 6 heteroatoms. The Kier molecular flexibility index (Phi) is 30.9. The zero-order valence-corrected chi connectivity index (χ0v) is 65.8. The quantitative estimate of drug-likeness (QED) is 0.233. The average Bonchev–Trinajstić information content (AvgIpc) is 1.78. The van der Waals surface area contributed by atoms with Gasteiger partial charge >= 0.3 is 12.4 Å². The number of alkyl halides is 6. The first-order valence-electron chi connectivity index (χ1n) is 48.0. The van der Waals surface area contributed by atoms with E-state index in [1.807, 2.05) is 0 Å². The summed E-state index contributed by atoms with van der Waals surface area (Å²) >= 11 is 0. The lowest BCUT2D eigenvalue weighted by Gasteiger charge is -2.38. The summed E-state index contributed by atoms with van der Waals surface area (Å²) in [6.07, 6.45) is 26.9. The summed E-state index contributed by atoms with van der Waals surface area (Å²) in [5.74, 6) is 6.33. The van der Waals surface area contributed by atoms with Gasteiger partial charge in [0.2, 0.25) is 0 Å². The lowest BCUT2D eigenvalue weighted by atomic mass is 9.71. The summed E-state index contributed by atoms with van der Waals surface area (Å²) in [6, 6.07) is 0. The molecule has 0 amide bonds. The van der Waals surface area contributed by atoms with Gasteiger partial charge in [-0.3, -0.25) is 0 Å². The lowest BCUT2D eigenvalue weighted by molar-refractivity contribution is -0.230. The topological polar surface area (TPSA) is 0 Å². The first kappa shape index (κ1) is 65.3. The van der Waals surface area contributed by atoms with Crippen LogP contribution in [0.4, 0.5) is 26.3 Å². The molecule has 0 nitrogen and oxygen atoms in total. The van der Waals surface area contributed by atoms with Crippen molar-refractivity contribution < 1.29 is 48.3 Å². The SMILES string of the molecule is [2H]C([2H])(C)C1CC2CCC1C2.[2H]C([2H])(C)C1CCC(C)(C(F)(F)F)CC1.[2H]C([2H])(C)C1CCC(C)(C)CC1.[2H]C([2H])(C)C1CCC(C)CC1.[2H]C([2H])(C)C1CCC(C)CC1.[2H]C([2H])(C)C1CCCCC1.[2H]C1(C)CCC(C)(C(F)(F)F)CC1.[2H]C1(C)CCC(C)(C)CC1.[2H]C1(C)CCC(C)CC1.[2H][C@@]1(C)CC2CCC1C2. The molecule has 0 spiro atoms. The van der Waals surface area contributed by atoms with E-state index in [0.717, 1.165) is 125 Å². The molecule has 5 unspecified atom stereocenters. The molecule has 0 aliphatic heterocycles. The van der Waals surface area contributed by atoms with Crippen molar-refractivity contribution in [2.75, 3.05) is 0 Å². The van der Waals surface area contributed by atoms with Crippen LogP contribution in [0.1, 0.15) is 455 Å². The monoisotopic (exact) mass is 1370 g/mol. The van der Waals surface area contributed by atoms with Crippen LogP contribution in [-0.2, 0) is 0 Å². The average molecular weight is 1370 g/mol. The number of fused-ring (bicyclic) bond motifs is 4. The summed E-state index contributed by atoms with van der Waals surface area (Å²) in [5, 5.41) is 0. The summed E-state index contributed by atoms with van der Waals surface area (Å²) < 4.78 is 197. The molecule has 12 aliphatic carbocycles. The molecule has 0 heterocycles. The molecule has 0 aromatic rings. The third-order valence-corrected chi connectivity index (χ3v) is 26.2. The molecule has 0 aromatic carbocycles. The van der Waals surface area contributed by atoms with E-state index in [1.165, 1.54) is 149 Å². The van der Waals surface area contributed by atoms with E-state index < -0.39 is 67.3 Å². The molecule has 0 saturated heterocycles. The number of hydrogen-bond acceptors (Lipinski definition) is 0. The molecule has 6 atom stereocenters. The van der Waals surface area contributed by atoms with Crippen LogP contribution in [0.15, 0.2) is 0 Å². The fourth-order valence-corrected chi connectivity index (χ4v) is 17.1. The van der Waals surface area contributed by atoms with Crippen molar-refractivity contribution in [3.63, 3.8) is 0 Å². The smallest absolute Gasteiger partial charge is 0.171 e. The van der Waals surface area contributed by atoms with Crippen molar-refractivity contribution in [1.29, 1.82) is 0 Å². The molecule has 0 aromatic heterocycles. The molecule has 12 fully saturated rings. The van der Waals surface area contributed by atoms with E-state index in [9.17, 15) is 26.3 Å². The van der Waals surface area contributed by atoms with Crippen LogP contribution in [0.5, 0.6) is 0 Å². The largest absolute Gasteiger partial charge is 0.394 e. The van der Waals surface area contributed by atoms with Crippen LogP contribution < -0.4 is 0 Å². The van der Waals surface area contributed by atoms with Gasteiger partial charge in [0.1, 0.15) is 0 Å². The van der Waals surface area contributed by atoms with E-state index in [-0.39, 0.29) is 49.3 Å². The van der Waals surface area contributed by atoms with Gasteiger partial charge in [-0.25, -0.2) is 0 Å². The van der Waals surface area contributed by atoms with Crippen LogP contribution in [0.2, 0.25) is 0 Å². The number of hydrogen-bond donors (Lipinski definition) is 0. The van der Waals surface area contributed by atoms with Gasteiger partial charge < -0.3 is 0 Å². The van der Waals surface area contributed by atoms with Crippen molar-refractivity contribution in [3.05, 3.63) is 0 Å². The van der Waals surface area contributed by atoms with Crippen LogP contribution in [0, 0.1) is 122 Å². The van der Waals surface area contributed by atoms with Crippen LogP contribution in [0.25, 0.3) is 0 Å². The molecule has 12 saturated carbocycles. The summed E-state index contributed by atoms with van der Waals surface area (Å²) in [6.45, 7) is 36.5. The summed E-state index contributed by atoms with van der Waals surface area (Å²) in [7, 11) is 0. The minimum absolute atomic E-state index is 0.0388. The zero-order chi connectivity index (χ0) is 85.5. The highest BCUT2D eigenvalue weighted by molar-refractivity contribution is 4.91. The van der Waals surface area contributed by atoms with Gasteiger partial charge in [-0.2, -0.15) is 26.3 Å². The standard InChI is InChI=1S/C10H17F3.C10H20.C9H15F3.C9H16.3C9H18.C8H14.2C8H16/c1-3-8-4-6-9(2,7-5-8)10(11,12)13;1-4-9-5-7-10(2,3)8-6-9;1-7-3-5-8(2,6-4-7)9(10,11)12;1-2-8-5-7-3-4-9(8)6-7;1-8-4-6-9(2,3)7-5-8;2*1-3-9-6-4-8(2)5-7-9;1-6-4-7-2-3-8(6)5-7;1-7-3-5-8(2)6-4-7;1-2-8-6-4-3-5-7-8/h8H,3-7H2,1-2H3;9H,4-8H2,1-3H3;7H,3-6H2,1-2H3;7-9H,2-6H2,1H3;8H,4-7H2,1-3H3;2*8-9H,3-7H2,1-2H3;6-8H,2-5H2,1H3;7-8H,3-6H2,1-2H3;8H,2-7H2,1H3/t;;;;;;;6-,7?,8?;;/m.......1../s1/i3D2;4D2;7D;2D2;8D;2*3D2;6D;7D;2D2. The maximum absolute atomic E-state index is 12.7. The Morgan fingerprint density at radius 2 is 0.600 bits per heavy atom. The fourth-order valence-electron chi connectivity index (χ4n) is 17.1. The molecule has 566 valence electrons. The van der Waals surface area contributed by atoms with Gasteiger partial charge in [-0.1, -0.05) is 305 Å². The van der Waals surface area contributed by atoms with Crippen molar-refractivity contribution >= 4 is 0 Å². The molecule has 0 N–H and O–H groups in total. The van der Waals surface area contributed by atoms with Gasteiger partial charge in [0, 0.05) is 21.9 Å². The van der Waals surface area contributed by atoms with E-state index in [1.54, 1.807) is 41.5 Å². The first-order chi connectivity index (χ1) is 49.9. The third kappa shape index (κ3) is 35.1. The van der Waals surface area contributed by atoms with Crippen molar-refractivity contribution in [3.8, 4) is 0 Å². The highest BCUT2D eigenvalue weighted by Crippen LogP contribution is 2.53. The van der Waals surface area contributed by atoms with Crippen LogP contribution in [-0.4, -0.2) is 12.4 Å². The van der Waals surface area contributed by atoms with Gasteiger partial charge in [0.05, 0.1) is 10.8 Å². The molecule has 0 radical (unpaired) electrons. The second-order valence-electron chi connectivity index (χ2n) is 35.7. The van der Waals surface area contributed by atoms with Crippen LogP contribution >= 0.6 is 0 Å². The second kappa shape index (κ2) is 45.0. The first-order valence-corrected chi connectivity index (χ1v) is 40.0. The normalized spacial score (nSPS) is 42.6. The number of halogens is 6. The third-order valence-electron chi connectivity index (χ3n) is 26.2. The Balaban J connectivity index is 0.000000320. The van der Waals surface area contributed by atoms with E-state index in [4.69, 9.17) is 21.9 Å². The minimum Gasteiger partial charge on any atom is -0.171 e. The predicted octanol–water partition coefficient (Wildman–Crippen LogP) is 32.3. The van der Waals surface area contributed by atoms with Gasteiger partial charge in [0.15, 0.2) is 0 Å². The van der Waals surface area contributed by atoms with E-state index >= 15 is 0 Å². The maximum atomic E-state index is 12.7. The maximum Gasteiger partial charge on any atom is 0.394 e. The Morgan fingerprint density at radius 3 is 0.853 bits per heavy atom. The zero-order valence-electron chi connectivity index (χ0n) is 81.8. The molecule has 12 rings (SSSR count). The fraction of sp³-hybridized carbons (Fsp3) is 1.00. The van der Waals surface area contributed by atoms with E-state index in [2.05, 4.69) is 69.2 Å². The molecular weight excluding hydrogens is 1180 g/mol. The second-order valence-corrected chi connectivity index (χ2v) is 35.7. The van der Waals surface area contributed by atoms with Crippen molar-refractivity contribution in [2.24, 2.45) is 122 Å².